The van der Waals surface area contributed by atoms with Crippen molar-refractivity contribution in [2.24, 2.45) is 0 Å². The average molecular weight is 287 g/mol. The van der Waals surface area contributed by atoms with E-state index < -0.39 is 5.82 Å². The highest BCUT2D eigenvalue weighted by Gasteiger charge is 2.14. The molecule has 5 heteroatoms. The number of hydrogen-bond acceptors (Lipinski definition) is 3. The highest BCUT2D eigenvalue weighted by molar-refractivity contribution is 5.94. The van der Waals surface area contributed by atoms with Gasteiger partial charge in [0.25, 0.3) is 5.91 Å². The Morgan fingerprint density at radius 1 is 1.24 bits per heavy atom. The Morgan fingerprint density at radius 3 is 2.48 bits per heavy atom. The summed E-state index contributed by atoms with van der Waals surface area (Å²) in [6.45, 7) is 1.87. The molecule has 0 aliphatic heterocycles. The number of pyridine rings is 1. The lowest BCUT2D eigenvalue weighted by Crippen LogP contribution is -2.26. The van der Waals surface area contributed by atoms with Crippen LogP contribution in [-0.4, -0.2) is 25.0 Å². The third-order valence-corrected chi connectivity index (χ3v) is 3.25. The number of hydrogen-bond donors (Lipinski definition) is 1. The van der Waals surface area contributed by atoms with E-state index in [1.807, 2.05) is 19.1 Å². The van der Waals surface area contributed by atoms with E-state index in [0.717, 1.165) is 5.56 Å². The summed E-state index contributed by atoms with van der Waals surface area (Å²) in [6, 6.07) is 7.97. The van der Waals surface area contributed by atoms with E-state index in [2.05, 4.69) is 10.3 Å². The number of aromatic nitrogens is 1. The molecule has 1 atom stereocenters. The molecule has 1 aromatic heterocycles. The molecule has 21 heavy (non-hydrogen) atoms. The number of carbonyl (C=O) groups is 1. The molecule has 0 radical (unpaired) electrons. The first-order valence-electron chi connectivity index (χ1n) is 6.66. The molecule has 0 saturated heterocycles. The van der Waals surface area contributed by atoms with Gasteiger partial charge in [-0.1, -0.05) is 0 Å². The quantitative estimate of drug-likeness (QED) is 0.940. The van der Waals surface area contributed by atoms with Crippen LogP contribution >= 0.6 is 0 Å². The van der Waals surface area contributed by atoms with Gasteiger partial charge in [-0.2, -0.15) is 0 Å². The van der Waals surface area contributed by atoms with E-state index in [-0.39, 0.29) is 11.9 Å². The van der Waals surface area contributed by atoms with E-state index >= 15 is 0 Å². The zero-order valence-electron chi connectivity index (χ0n) is 12.3. The van der Waals surface area contributed by atoms with E-state index in [0.29, 0.717) is 11.3 Å². The summed E-state index contributed by atoms with van der Waals surface area (Å²) in [5.74, 6) is -0.715. The van der Waals surface area contributed by atoms with Crippen LogP contribution in [0.1, 0.15) is 28.9 Å². The number of carbonyl (C=O) groups excluding carboxylic acids is 1. The highest BCUT2D eigenvalue weighted by Crippen LogP contribution is 2.19. The number of nitrogens with one attached hydrogen (secondary N) is 1. The number of nitrogens with zero attached hydrogens (tertiary/aromatic N) is 2. The van der Waals surface area contributed by atoms with Crippen molar-refractivity contribution >= 4 is 11.6 Å². The van der Waals surface area contributed by atoms with Crippen molar-refractivity contribution in [3.63, 3.8) is 0 Å². The zero-order valence-corrected chi connectivity index (χ0v) is 12.3. The minimum absolute atomic E-state index is 0.169. The monoisotopic (exact) mass is 287 g/mol. The Morgan fingerprint density at radius 2 is 1.90 bits per heavy atom. The number of rotatable bonds is 4. The molecule has 0 aliphatic carbocycles. The Kier molecular flexibility index (Phi) is 4.52. The van der Waals surface area contributed by atoms with Crippen LogP contribution in [0.3, 0.4) is 0 Å². The minimum Gasteiger partial charge on any atom is -0.375 e. The third kappa shape index (κ3) is 3.56. The fourth-order valence-corrected chi connectivity index (χ4v) is 2.03. The van der Waals surface area contributed by atoms with Crippen molar-refractivity contribution in [3.05, 3.63) is 59.7 Å². The molecule has 0 bridgehead atoms. The van der Waals surface area contributed by atoms with Crippen LogP contribution in [0, 0.1) is 5.82 Å². The molecule has 1 N–H and O–H groups in total. The van der Waals surface area contributed by atoms with Crippen molar-refractivity contribution in [1.29, 1.82) is 0 Å². The summed E-state index contributed by atoms with van der Waals surface area (Å²) in [6.07, 6.45) is 3.34. The molecule has 2 aromatic rings. The van der Waals surface area contributed by atoms with Crippen LogP contribution < -0.4 is 10.2 Å². The summed E-state index contributed by atoms with van der Waals surface area (Å²) >= 11 is 0. The highest BCUT2D eigenvalue weighted by atomic mass is 19.1. The van der Waals surface area contributed by atoms with Crippen LogP contribution in [-0.2, 0) is 0 Å². The molecular weight excluding hydrogens is 269 g/mol. The van der Waals surface area contributed by atoms with Gasteiger partial charge in [0.1, 0.15) is 5.82 Å². The van der Waals surface area contributed by atoms with Crippen LogP contribution in [0.15, 0.2) is 42.7 Å². The van der Waals surface area contributed by atoms with Gasteiger partial charge >= 0.3 is 0 Å². The van der Waals surface area contributed by atoms with Gasteiger partial charge in [0.15, 0.2) is 0 Å². The zero-order chi connectivity index (χ0) is 15.4. The molecule has 2 rings (SSSR count). The molecular formula is C16H18FN3O. The SMILES string of the molecule is C[C@H](NC(=O)c1ccc(N(C)C)c(F)c1)c1ccncc1. The number of anilines is 1. The maximum absolute atomic E-state index is 13.9. The van der Waals surface area contributed by atoms with Gasteiger partial charge in [0.2, 0.25) is 0 Å². The maximum atomic E-state index is 13.9. The van der Waals surface area contributed by atoms with E-state index in [4.69, 9.17) is 0 Å². The van der Waals surface area contributed by atoms with Gasteiger partial charge < -0.3 is 10.2 Å². The van der Waals surface area contributed by atoms with Crippen molar-refractivity contribution in [3.8, 4) is 0 Å². The predicted octanol–water partition coefficient (Wildman–Crippen LogP) is 2.78. The first-order valence-corrected chi connectivity index (χ1v) is 6.66. The Hall–Kier alpha value is -2.43. The standard InChI is InChI=1S/C16H18FN3O/c1-11(12-6-8-18-9-7-12)19-16(21)13-4-5-15(20(2)3)14(17)10-13/h4-11H,1-3H3,(H,19,21)/t11-/m0/s1. The molecule has 0 unspecified atom stereocenters. The van der Waals surface area contributed by atoms with Crippen LogP contribution in [0.5, 0.6) is 0 Å². The second-order valence-corrected chi connectivity index (χ2v) is 5.04. The molecule has 4 nitrogen and oxygen atoms in total. The Balaban J connectivity index is 2.12. The van der Waals surface area contributed by atoms with Crippen molar-refractivity contribution in [1.82, 2.24) is 10.3 Å². The number of amides is 1. The predicted molar refractivity (Wildman–Crippen MR) is 80.8 cm³/mol. The topological polar surface area (TPSA) is 45.2 Å². The van der Waals surface area contributed by atoms with E-state index in [9.17, 15) is 9.18 Å². The summed E-state index contributed by atoms with van der Waals surface area (Å²) in [5, 5.41) is 2.84. The smallest absolute Gasteiger partial charge is 0.251 e. The Bertz CT molecular complexity index is 629. The fourth-order valence-electron chi connectivity index (χ4n) is 2.03. The minimum atomic E-state index is -0.413. The average Bonchev–Trinajstić information content (AvgIpc) is 2.47. The normalized spacial score (nSPS) is 11.8. The third-order valence-electron chi connectivity index (χ3n) is 3.25. The lowest BCUT2D eigenvalue weighted by atomic mass is 10.1. The first kappa shape index (κ1) is 15.0. The first-order chi connectivity index (χ1) is 9.99. The molecule has 0 aliphatic rings. The van der Waals surface area contributed by atoms with E-state index in [1.54, 1.807) is 43.5 Å². The lowest BCUT2D eigenvalue weighted by Gasteiger charge is -2.16. The summed E-state index contributed by atoms with van der Waals surface area (Å²) in [7, 11) is 3.51. The molecule has 1 aromatic carbocycles. The van der Waals surface area contributed by atoms with Gasteiger partial charge in [-0.05, 0) is 42.8 Å². The summed E-state index contributed by atoms with van der Waals surface area (Å²) in [4.78, 5) is 17.8. The molecule has 1 amide bonds. The molecule has 0 fully saturated rings. The number of halogens is 1. The largest absolute Gasteiger partial charge is 0.375 e. The van der Waals surface area contributed by atoms with Crippen LogP contribution in [0.25, 0.3) is 0 Å². The molecule has 1 heterocycles. The van der Waals surface area contributed by atoms with Gasteiger partial charge in [0.05, 0.1) is 11.7 Å². The second-order valence-electron chi connectivity index (χ2n) is 5.04. The molecule has 0 spiro atoms. The van der Waals surface area contributed by atoms with Gasteiger partial charge in [-0.3, -0.25) is 9.78 Å². The Labute approximate surface area is 123 Å². The van der Waals surface area contributed by atoms with Gasteiger partial charge in [0, 0.05) is 32.1 Å². The van der Waals surface area contributed by atoms with E-state index in [1.165, 1.54) is 6.07 Å². The second kappa shape index (κ2) is 6.35. The van der Waals surface area contributed by atoms with Crippen molar-refractivity contribution < 1.29 is 9.18 Å². The summed E-state index contributed by atoms with van der Waals surface area (Å²) < 4.78 is 13.9. The van der Waals surface area contributed by atoms with Crippen LogP contribution in [0.4, 0.5) is 10.1 Å². The summed E-state index contributed by atoms with van der Waals surface area (Å²) in [5.41, 5.74) is 1.71. The lowest BCUT2D eigenvalue weighted by molar-refractivity contribution is 0.0939. The number of benzene rings is 1. The molecule has 0 saturated carbocycles. The maximum Gasteiger partial charge on any atom is 0.251 e. The molecule has 110 valence electrons. The van der Waals surface area contributed by atoms with Gasteiger partial charge in [-0.25, -0.2) is 4.39 Å². The van der Waals surface area contributed by atoms with Crippen molar-refractivity contribution in [2.45, 2.75) is 13.0 Å². The van der Waals surface area contributed by atoms with Crippen molar-refractivity contribution in [2.75, 3.05) is 19.0 Å². The fraction of sp³-hybridized carbons (Fsp3) is 0.250. The van der Waals surface area contributed by atoms with Gasteiger partial charge in [-0.15, -0.1) is 0 Å². The van der Waals surface area contributed by atoms with Crippen LogP contribution in [0.2, 0.25) is 0 Å².